The van der Waals surface area contributed by atoms with Gasteiger partial charge in [-0.3, -0.25) is 14.5 Å². The number of nitrogens with zero attached hydrogens (tertiary/aromatic N) is 1. The molecule has 1 unspecified atom stereocenters. The molecule has 7 heteroatoms. The summed E-state index contributed by atoms with van der Waals surface area (Å²) in [7, 11) is 0. The quantitative estimate of drug-likeness (QED) is 0.275. The van der Waals surface area contributed by atoms with E-state index in [9.17, 15) is 19.1 Å². The van der Waals surface area contributed by atoms with Crippen molar-refractivity contribution in [2.75, 3.05) is 18.1 Å². The molecule has 180 valence electrons. The molecule has 1 amide bonds. The highest BCUT2D eigenvalue weighted by Crippen LogP contribution is 2.42. The van der Waals surface area contributed by atoms with Crippen molar-refractivity contribution < 1.29 is 28.6 Å². The van der Waals surface area contributed by atoms with Crippen molar-refractivity contribution in [1.82, 2.24) is 0 Å². The minimum Gasteiger partial charge on any atom is -0.507 e. The number of Topliss-reactive ketones (excluding diaryl/α,β-unsaturated/α-hetero) is 1. The molecule has 3 aromatic rings. The summed E-state index contributed by atoms with van der Waals surface area (Å²) in [5.41, 5.74) is 1.58. The molecule has 3 aromatic carbocycles. The minimum absolute atomic E-state index is 0.0703. The Labute approximate surface area is 203 Å². The standard InChI is InChI=1S/C28H26FNO5/c1-4-34-21-11-6-18(7-12-21)25-24(26(31)19-8-15-23(29)17(3)16-19)27(32)28(33)30(25)20-9-13-22(14-10-20)35-5-2/h6-16,25,31H,4-5H2,1-3H3/b26-24-. The fraction of sp³-hybridized carbons (Fsp3) is 0.214. The second kappa shape index (κ2) is 10.0. The molecule has 4 rings (SSSR count). The van der Waals surface area contributed by atoms with Crippen molar-refractivity contribution in [2.24, 2.45) is 0 Å². The van der Waals surface area contributed by atoms with Gasteiger partial charge in [-0.15, -0.1) is 0 Å². The maximum Gasteiger partial charge on any atom is 0.300 e. The number of halogens is 1. The number of benzene rings is 3. The molecule has 1 atom stereocenters. The molecule has 1 aliphatic rings. The molecule has 35 heavy (non-hydrogen) atoms. The van der Waals surface area contributed by atoms with Gasteiger partial charge < -0.3 is 14.6 Å². The molecule has 1 aliphatic heterocycles. The fourth-order valence-corrected chi connectivity index (χ4v) is 4.14. The van der Waals surface area contributed by atoms with Crippen LogP contribution in [-0.2, 0) is 9.59 Å². The van der Waals surface area contributed by atoms with E-state index in [1.807, 2.05) is 13.8 Å². The highest BCUT2D eigenvalue weighted by Gasteiger charge is 2.47. The lowest BCUT2D eigenvalue weighted by Crippen LogP contribution is -2.29. The lowest BCUT2D eigenvalue weighted by Gasteiger charge is -2.26. The van der Waals surface area contributed by atoms with Gasteiger partial charge in [-0.1, -0.05) is 12.1 Å². The summed E-state index contributed by atoms with van der Waals surface area (Å²) in [5.74, 6) is -1.11. The summed E-state index contributed by atoms with van der Waals surface area (Å²) in [6, 6.07) is 17.0. The lowest BCUT2D eigenvalue weighted by atomic mass is 9.94. The van der Waals surface area contributed by atoms with Crippen LogP contribution in [-0.4, -0.2) is 30.0 Å². The highest BCUT2D eigenvalue weighted by molar-refractivity contribution is 6.51. The molecule has 0 radical (unpaired) electrons. The summed E-state index contributed by atoms with van der Waals surface area (Å²) in [4.78, 5) is 27.9. The average molecular weight is 476 g/mol. The van der Waals surface area contributed by atoms with Gasteiger partial charge in [0.25, 0.3) is 11.7 Å². The molecule has 1 heterocycles. The Morgan fingerprint density at radius 3 is 2.03 bits per heavy atom. The summed E-state index contributed by atoms with van der Waals surface area (Å²) < 4.78 is 24.9. The molecule has 1 saturated heterocycles. The zero-order chi connectivity index (χ0) is 25.1. The van der Waals surface area contributed by atoms with Crippen LogP contribution in [0.15, 0.2) is 72.3 Å². The molecule has 0 saturated carbocycles. The Morgan fingerprint density at radius 2 is 1.49 bits per heavy atom. The first-order valence-electron chi connectivity index (χ1n) is 11.4. The van der Waals surface area contributed by atoms with Crippen molar-refractivity contribution in [3.05, 3.63) is 94.8 Å². The number of carbonyl (C=O) groups excluding carboxylic acids is 2. The summed E-state index contributed by atoms with van der Waals surface area (Å²) in [5, 5.41) is 11.2. The zero-order valence-corrected chi connectivity index (χ0v) is 19.7. The number of ether oxygens (including phenoxy) is 2. The Bertz CT molecular complexity index is 1280. The average Bonchev–Trinajstić information content (AvgIpc) is 3.12. The second-order valence-electron chi connectivity index (χ2n) is 8.06. The van der Waals surface area contributed by atoms with E-state index in [0.717, 1.165) is 0 Å². The number of hydrogen-bond acceptors (Lipinski definition) is 5. The van der Waals surface area contributed by atoms with Crippen LogP contribution in [0.3, 0.4) is 0 Å². The molecular formula is C28H26FNO5. The first kappa shape index (κ1) is 24.0. The number of amides is 1. The topological polar surface area (TPSA) is 76.1 Å². The van der Waals surface area contributed by atoms with Crippen LogP contribution in [0.4, 0.5) is 10.1 Å². The maximum absolute atomic E-state index is 13.8. The van der Waals surface area contributed by atoms with E-state index >= 15 is 0 Å². The van der Waals surface area contributed by atoms with Crippen molar-refractivity contribution in [2.45, 2.75) is 26.8 Å². The largest absolute Gasteiger partial charge is 0.507 e. The van der Waals surface area contributed by atoms with E-state index in [1.165, 1.54) is 23.1 Å². The third kappa shape index (κ3) is 4.62. The van der Waals surface area contributed by atoms with Crippen LogP contribution in [0, 0.1) is 12.7 Å². The first-order valence-corrected chi connectivity index (χ1v) is 11.4. The number of ketones is 1. The van der Waals surface area contributed by atoms with Gasteiger partial charge in [0.05, 0.1) is 24.8 Å². The fourth-order valence-electron chi connectivity index (χ4n) is 4.14. The summed E-state index contributed by atoms with van der Waals surface area (Å²) in [6.07, 6.45) is 0. The van der Waals surface area contributed by atoms with Crippen molar-refractivity contribution in [1.29, 1.82) is 0 Å². The Kier molecular flexibility index (Phi) is 6.87. The van der Waals surface area contributed by atoms with Crippen molar-refractivity contribution >= 4 is 23.1 Å². The van der Waals surface area contributed by atoms with Crippen molar-refractivity contribution in [3.63, 3.8) is 0 Å². The van der Waals surface area contributed by atoms with E-state index in [-0.39, 0.29) is 16.9 Å². The second-order valence-corrected chi connectivity index (χ2v) is 8.06. The molecule has 0 aliphatic carbocycles. The molecule has 0 bridgehead atoms. The molecular weight excluding hydrogens is 449 g/mol. The van der Waals surface area contributed by atoms with Gasteiger partial charge in [-0.25, -0.2) is 4.39 Å². The lowest BCUT2D eigenvalue weighted by molar-refractivity contribution is -0.132. The smallest absolute Gasteiger partial charge is 0.300 e. The van der Waals surface area contributed by atoms with Crippen molar-refractivity contribution in [3.8, 4) is 11.5 Å². The van der Waals surface area contributed by atoms with Crippen LogP contribution >= 0.6 is 0 Å². The molecule has 1 N–H and O–H groups in total. The molecule has 0 spiro atoms. The predicted octanol–water partition coefficient (Wildman–Crippen LogP) is 5.56. The Balaban J connectivity index is 1.87. The highest BCUT2D eigenvalue weighted by atomic mass is 19.1. The van der Waals surface area contributed by atoms with Crippen LogP contribution in [0.25, 0.3) is 5.76 Å². The maximum atomic E-state index is 13.8. The van der Waals surface area contributed by atoms with E-state index < -0.39 is 23.5 Å². The van der Waals surface area contributed by atoms with E-state index in [0.29, 0.717) is 41.5 Å². The molecule has 1 fully saturated rings. The Hall–Kier alpha value is -4.13. The first-order chi connectivity index (χ1) is 16.8. The van der Waals surface area contributed by atoms with Crippen LogP contribution in [0.5, 0.6) is 11.5 Å². The predicted molar refractivity (Wildman–Crippen MR) is 131 cm³/mol. The summed E-state index contributed by atoms with van der Waals surface area (Å²) in [6.45, 7) is 6.30. The SMILES string of the molecule is CCOc1ccc(C2/C(=C(/O)c3ccc(F)c(C)c3)C(=O)C(=O)N2c2ccc(OCC)cc2)cc1. The number of aliphatic hydroxyl groups is 1. The monoisotopic (exact) mass is 475 g/mol. The third-order valence-corrected chi connectivity index (χ3v) is 5.81. The number of aryl methyl sites for hydroxylation is 1. The zero-order valence-electron chi connectivity index (χ0n) is 19.7. The number of anilines is 1. The van der Waals surface area contributed by atoms with Gasteiger partial charge in [0.2, 0.25) is 0 Å². The van der Waals surface area contributed by atoms with Gasteiger partial charge in [-0.05, 0) is 86.5 Å². The van der Waals surface area contributed by atoms with Crippen LogP contribution < -0.4 is 14.4 Å². The van der Waals surface area contributed by atoms with Crippen LogP contribution in [0.2, 0.25) is 0 Å². The molecule has 0 aromatic heterocycles. The number of aliphatic hydroxyl groups excluding tert-OH is 1. The van der Waals surface area contributed by atoms with Gasteiger partial charge in [0, 0.05) is 11.3 Å². The van der Waals surface area contributed by atoms with Gasteiger partial charge in [-0.2, -0.15) is 0 Å². The normalized spacial score (nSPS) is 17.0. The Morgan fingerprint density at radius 1 is 0.914 bits per heavy atom. The number of rotatable bonds is 7. The van der Waals surface area contributed by atoms with E-state index in [4.69, 9.17) is 9.47 Å². The van der Waals surface area contributed by atoms with E-state index in [1.54, 1.807) is 55.5 Å². The third-order valence-electron chi connectivity index (χ3n) is 5.81. The van der Waals surface area contributed by atoms with E-state index in [2.05, 4.69) is 0 Å². The van der Waals surface area contributed by atoms with Gasteiger partial charge in [0.15, 0.2) is 0 Å². The molecule has 6 nitrogen and oxygen atoms in total. The summed E-state index contributed by atoms with van der Waals surface area (Å²) >= 11 is 0. The van der Waals surface area contributed by atoms with Crippen LogP contribution in [0.1, 0.15) is 36.6 Å². The minimum atomic E-state index is -0.894. The number of hydrogen-bond donors (Lipinski definition) is 1. The van der Waals surface area contributed by atoms with Gasteiger partial charge in [0.1, 0.15) is 23.1 Å². The van der Waals surface area contributed by atoms with Gasteiger partial charge >= 0.3 is 0 Å². The number of carbonyl (C=O) groups is 2.